The van der Waals surface area contributed by atoms with Gasteiger partial charge in [0.15, 0.2) is 0 Å². The summed E-state index contributed by atoms with van der Waals surface area (Å²) in [5, 5.41) is 2.91. The van der Waals surface area contributed by atoms with Crippen LogP contribution >= 0.6 is 0 Å². The summed E-state index contributed by atoms with van der Waals surface area (Å²) in [4.78, 5) is 20.8. The number of para-hydroxylation sites is 1. The lowest BCUT2D eigenvalue weighted by atomic mass is 10.1. The Balaban J connectivity index is 2.34. The highest BCUT2D eigenvalue weighted by molar-refractivity contribution is 6.06. The Morgan fingerprint density at radius 2 is 1.58 bits per heavy atom. The Labute approximate surface area is 112 Å². The number of carbonyl (C=O) groups is 1. The van der Waals surface area contributed by atoms with E-state index in [1.807, 2.05) is 52.0 Å². The van der Waals surface area contributed by atoms with Crippen LogP contribution in [0.4, 0.5) is 5.69 Å². The second-order valence-electron chi connectivity index (χ2n) is 4.59. The second kappa shape index (κ2) is 5.18. The molecule has 1 aromatic heterocycles. The van der Waals surface area contributed by atoms with E-state index in [1.54, 1.807) is 0 Å². The molecule has 0 saturated carbocycles. The summed E-state index contributed by atoms with van der Waals surface area (Å²) in [6.07, 6.45) is 0. The lowest BCUT2D eigenvalue weighted by molar-refractivity contribution is 0.102. The van der Waals surface area contributed by atoms with Crippen molar-refractivity contribution in [3.05, 3.63) is 52.6 Å². The molecule has 4 heteroatoms. The molecule has 19 heavy (non-hydrogen) atoms. The lowest BCUT2D eigenvalue weighted by Crippen LogP contribution is -2.17. The Hall–Kier alpha value is -2.23. The molecular formula is C15H17N3O. The van der Waals surface area contributed by atoms with Gasteiger partial charge in [-0.1, -0.05) is 18.2 Å². The molecule has 0 atom stereocenters. The largest absolute Gasteiger partial charge is 0.322 e. The molecule has 4 nitrogen and oxygen atoms in total. The van der Waals surface area contributed by atoms with Crippen LogP contribution < -0.4 is 5.32 Å². The number of amides is 1. The van der Waals surface area contributed by atoms with Crippen LogP contribution in [0.1, 0.15) is 33.1 Å². The van der Waals surface area contributed by atoms with Gasteiger partial charge in [0.05, 0.1) is 17.0 Å². The van der Waals surface area contributed by atoms with Crippen LogP contribution in [0.3, 0.4) is 0 Å². The van der Waals surface area contributed by atoms with Crippen molar-refractivity contribution in [2.75, 3.05) is 5.32 Å². The molecule has 0 unspecified atom stereocenters. The monoisotopic (exact) mass is 255 g/mol. The first kappa shape index (κ1) is 13.2. The normalized spacial score (nSPS) is 10.3. The van der Waals surface area contributed by atoms with Crippen LogP contribution in [0.15, 0.2) is 24.3 Å². The van der Waals surface area contributed by atoms with E-state index in [0.29, 0.717) is 22.8 Å². The molecule has 98 valence electrons. The number of nitrogens with one attached hydrogen (secondary N) is 1. The van der Waals surface area contributed by atoms with Gasteiger partial charge in [-0.2, -0.15) is 0 Å². The molecule has 0 aliphatic carbocycles. The molecule has 0 aliphatic rings. The van der Waals surface area contributed by atoms with E-state index < -0.39 is 0 Å². The Kier molecular flexibility index (Phi) is 3.60. The summed E-state index contributed by atoms with van der Waals surface area (Å²) in [6, 6.07) is 7.68. The van der Waals surface area contributed by atoms with Gasteiger partial charge in [-0.15, -0.1) is 0 Å². The van der Waals surface area contributed by atoms with E-state index in [0.717, 1.165) is 11.3 Å². The average molecular weight is 255 g/mol. The number of rotatable bonds is 2. The molecule has 1 heterocycles. The first-order valence-corrected chi connectivity index (χ1v) is 6.18. The van der Waals surface area contributed by atoms with Crippen molar-refractivity contribution in [3.8, 4) is 0 Å². The van der Waals surface area contributed by atoms with E-state index in [1.165, 1.54) is 0 Å². The topological polar surface area (TPSA) is 54.9 Å². The molecule has 0 radical (unpaired) electrons. The van der Waals surface area contributed by atoms with Gasteiger partial charge < -0.3 is 5.32 Å². The van der Waals surface area contributed by atoms with E-state index in [2.05, 4.69) is 15.3 Å². The Bertz CT molecular complexity index is 612. The highest BCUT2D eigenvalue weighted by Gasteiger charge is 2.15. The van der Waals surface area contributed by atoms with Crippen LogP contribution in [0.2, 0.25) is 0 Å². The summed E-state index contributed by atoms with van der Waals surface area (Å²) in [5.41, 5.74) is 3.80. The van der Waals surface area contributed by atoms with Gasteiger partial charge in [0.1, 0.15) is 5.82 Å². The summed E-state index contributed by atoms with van der Waals surface area (Å²) < 4.78 is 0. The zero-order valence-electron chi connectivity index (χ0n) is 11.6. The van der Waals surface area contributed by atoms with Gasteiger partial charge in [-0.25, -0.2) is 9.97 Å². The Morgan fingerprint density at radius 1 is 1.00 bits per heavy atom. The Morgan fingerprint density at radius 3 is 2.16 bits per heavy atom. The molecule has 2 aromatic rings. The van der Waals surface area contributed by atoms with Gasteiger partial charge in [-0.05, 0) is 39.3 Å². The summed E-state index contributed by atoms with van der Waals surface area (Å²) in [5.74, 6) is 0.520. The maximum Gasteiger partial charge on any atom is 0.259 e. The maximum absolute atomic E-state index is 12.3. The SMILES string of the molecule is Cc1nc(C)c(C(=O)Nc2ccccc2C)c(C)n1. The number of benzene rings is 1. The minimum absolute atomic E-state index is 0.163. The molecule has 1 aromatic carbocycles. The van der Waals surface area contributed by atoms with Crippen molar-refractivity contribution < 1.29 is 4.79 Å². The van der Waals surface area contributed by atoms with Crippen molar-refractivity contribution in [2.45, 2.75) is 27.7 Å². The molecular weight excluding hydrogens is 238 g/mol. The van der Waals surface area contributed by atoms with Gasteiger partial charge >= 0.3 is 0 Å². The van der Waals surface area contributed by atoms with E-state index >= 15 is 0 Å². The number of hydrogen-bond donors (Lipinski definition) is 1. The summed E-state index contributed by atoms with van der Waals surface area (Å²) >= 11 is 0. The fraction of sp³-hybridized carbons (Fsp3) is 0.267. The smallest absolute Gasteiger partial charge is 0.259 e. The predicted octanol–water partition coefficient (Wildman–Crippen LogP) is 2.96. The van der Waals surface area contributed by atoms with E-state index in [9.17, 15) is 4.79 Å². The van der Waals surface area contributed by atoms with Gasteiger partial charge in [0, 0.05) is 5.69 Å². The fourth-order valence-electron chi connectivity index (χ4n) is 2.11. The number of carbonyl (C=O) groups excluding carboxylic acids is 1. The number of aryl methyl sites for hydroxylation is 4. The second-order valence-corrected chi connectivity index (χ2v) is 4.59. The van der Waals surface area contributed by atoms with E-state index in [-0.39, 0.29) is 5.91 Å². The molecule has 1 amide bonds. The highest BCUT2D eigenvalue weighted by atomic mass is 16.1. The molecule has 2 rings (SSSR count). The molecule has 0 aliphatic heterocycles. The maximum atomic E-state index is 12.3. The van der Waals surface area contributed by atoms with Crippen LogP contribution in [0.5, 0.6) is 0 Å². The van der Waals surface area contributed by atoms with Crippen molar-refractivity contribution in [1.29, 1.82) is 0 Å². The van der Waals surface area contributed by atoms with Crippen molar-refractivity contribution in [1.82, 2.24) is 9.97 Å². The minimum Gasteiger partial charge on any atom is -0.322 e. The van der Waals surface area contributed by atoms with Crippen LogP contribution in [0, 0.1) is 27.7 Å². The van der Waals surface area contributed by atoms with Crippen molar-refractivity contribution in [3.63, 3.8) is 0 Å². The number of hydrogen-bond acceptors (Lipinski definition) is 3. The highest BCUT2D eigenvalue weighted by Crippen LogP contribution is 2.17. The summed E-state index contributed by atoms with van der Waals surface area (Å²) in [6.45, 7) is 7.44. The third-order valence-corrected chi connectivity index (χ3v) is 3.00. The molecule has 0 bridgehead atoms. The third-order valence-electron chi connectivity index (χ3n) is 3.00. The fourth-order valence-corrected chi connectivity index (χ4v) is 2.11. The predicted molar refractivity (Wildman–Crippen MR) is 75.4 cm³/mol. The average Bonchev–Trinajstić information content (AvgIpc) is 2.30. The molecule has 0 spiro atoms. The van der Waals surface area contributed by atoms with Crippen molar-refractivity contribution in [2.24, 2.45) is 0 Å². The molecule has 0 fully saturated rings. The lowest BCUT2D eigenvalue weighted by Gasteiger charge is -2.11. The zero-order chi connectivity index (χ0) is 14.0. The van der Waals surface area contributed by atoms with Gasteiger partial charge in [0.2, 0.25) is 0 Å². The molecule has 0 saturated heterocycles. The van der Waals surface area contributed by atoms with Crippen LogP contribution in [-0.2, 0) is 0 Å². The van der Waals surface area contributed by atoms with E-state index in [4.69, 9.17) is 0 Å². The van der Waals surface area contributed by atoms with Crippen molar-refractivity contribution >= 4 is 11.6 Å². The molecule has 1 N–H and O–H groups in total. The van der Waals surface area contributed by atoms with Crippen LogP contribution in [-0.4, -0.2) is 15.9 Å². The zero-order valence-corrected chi connectivity index (χ0v) is 11.6. The number of aromatic nitrogens is 2. The van der Waals surface area contributed by atoms with Crippen LogP contribution in [0.25, 0.3) is 0 Å². The number of nitrogens with zero attached hydrogens (tertiary/aromatic N) is 2. The third kappa shape index (κ3) is 2.78. The summed E-state index contributed by atoms with van der Waals surface area (Å²) in [7, 11) is 0. The first-order valence-electron chi connectivity index (χ1n) is 6.18. The van der Waals surface area contributed by atoms with Gasteiger partial charge in [-0.3, -0.25) is 4.79 Å². The van der Waals surface area contributed by atoms with Gasteiger partial charge in [0.25, 0.3) is 5.91 Å². The standard InChI is InChI=1S/C15H17N3O/c1-9-7-5-6-8-13(9)18-15(19)14-10(2)16-12(4)17-11(14)3/h5-8H,1-4H3,(H,18,19). The first-order chi connectivity index (χ1) is 8.99. The minimum atomic E-state index is -0.163. The quantitative estimate of drug-likeness (QED) is 0.897. The number of anilines is 1.